The van der Waals surface area contributed by atoms with E-state index in [0.29, 0.717) is 6.61 Å². The summed E-state index contributed by atoms with van der Waals surface area (Å²) in [5.74, 6) is 0. The molecule has 0 saturated carbocycles. The maximum atomic E-state index is 8.91. The molecule has 1 heteroatoms. The lowest BCUT2D eigenvalue weighted by Crippen LogP contribution is -1.90. The van der Waals surface area contributed by atoms with Crippen molar-refractivity contribution >= 4 is 0 Å². The molecule has 0 aliphatic heterocycles. The van der Waals surface area contributed by atoms with E-state index in [4.69, 9.17) is 5.11 Å². The average Bonchev–Trinajstić information content (AvgIpc) is 2.18. The van der Waals surface area contributed by atoms with Crippen molar-refractivity contribution in [3.63, 3.8) is 0 Å². The van der Waals surface area contributed by atoms with Gasteiger partial charge in [0.25, 0.3) is 0 Å². The lowest BCUT2D eigenvalue weighted by molar-refractivity contribution is 0.297. The lowest BCUT2D eigenvalue weighted by Gasteiger charge is -2.05. The summed E-state index contributed by atoms with van der Waals surface area (Å²) in [7, 11) is 0. The van der Waals surface area contributed by atoms with Gasteiger partial charge in [-0.3, -0.25) is 0 Å². The molecule has 0 saturated heterocycles. The predicted molar refractivity (Wildman–Crippen MR) is 63.5 cm³/mol. The Labute approximate surface area is 89.2 Å². The van der Waals surface area contributed by atoms with Crippen LogP contribution in [0.3, 0.4) is 0 Å². The van der Waals surface area contributed by atoms with Gasteiger partial charge in [0.05, 0.1) is 0 Å². The van der Waals surface area contributed by atoms with Gasteiger partial charge in [-0.25, -0.2) is 0 Å². The Morgan fingerprint density at radius 3 is 2.29 bits per heavy atom. The normalized spacial score (nSPS) is 12.1. The molecule has 0 bridgehead atoms. The molecule has 1 nitrogen and oxygen atoms in total. The van der Waals surface area contributed by atoms with E-state index in [9.17, 15) is 0 Å². The average molecular weight is 198 g/mol. The largest absolute Gasteiger partial charge is 0.396 e. The van der Waals surface area contributed by atoms with Gasteiger partial charge >= 0.3 is 0 Å². The third-order valence-electron chi connectivity index (χ3n) is 2.53. The van der Waals surface area contributed by atoms with Crippen molar-refractivity contribution < 1.29 is 5.11 Å². The Kier molecular flexibility index (Phi) is 10.5. The molecule has 0 heterocycles. The van der Waals surface area contributed by atoms with Crippen LogP contribution in [0, 0.1) is 0 Å². The molecule has 0 spiro atoms. The molecule has 0 rings (SSSR count). The Morgan fingerprint density at radius 1 is 1.00 bits per heavy atom. The zero-order valence-corrected chi connectivity index (χ0v) is 9.89. The molecule has 14 heavy (non-hydrogen) atoms. The predicted octanol–water partition coefficient (Wildman–Crippen LogP) is 4.07. The molecule has 0 aliphatic rings. The molecular formula is C13H26O. The van der Waals surface area contributed by atoms with E-state index >= 15 is 0 Å². The van der Waals surface area contributed by atoms with Crippen LogP contribution >= 0.6 is 0 Å². The van der Waals surface area contributed by atoms with E-state index < -0.39 is 0 Å². The number of unbranched alkanes of at least 4 members (excludes halogenated alkanes) is 4. The molecule has 0 fully saturated rings. The van der Waals surface area contributed by atoms with Crippen LogP contribution in [0.2, 0.25) is 0 Å². The van der Waals surface area contributed by atoms with Gasteiger partial charge in [-0.05, 0) is 25.7 Å². The van der Waals surface area contributed by atoms with Crippen molar-refractivity contribution in [1.29, 1.82) is 0 Å². The molecule has 0 unspecified atom stereocenters. The van der Waals surface area contributed by atoms with Crippen LogP contribution in [0.15, 0.2) is 11.6 Å². The maximum absolute atomic E-state index is 8.91. The summed E-state index contributed by atoms with van der Waals surface area (Å²) in [6.45, 7) is 4.76. The topological polar surface area (TPSA) is 20.2 Å². The molecule has 0 aromatic carbocycles. The summed E-state index contributed by atoms with van der Waals surface area (Å²) in [4.78, 5) is 0. The molecular weight excluding hydrogens is 172 g/mol. The first-order valence-electron chi connectivity index (χ1n) is 6.13. The van der Waals surface area contributed by atoms with Gasteiger partial charge in [0.2, 0.25) is 0 Å². The van der Waals surface area contributed by atoms with Gasteiger partial charge in [0.1, 0.15) is 0 Å². The Morgan fingerprint density at radius 2 is 1.71 bits per heavy atom. The summed E-state index contributed by atoms with van der Waals surface area (Å²) in [5.41, 5.74) is 1.47. The first-order chi connectivity index (χ1) is 6.85. The van der Waals surface area contributed by atoms with E-state index in [1.54, 1.807) is 0 Å². The summed E-state index contributed by atoms with van der Waals surface area (Å²) in [6, 6.07) is 0. The van der Waals surface area contributed by atoms with Gasteiger partial charge < -0.3 is 5.11 Å². The highest BCUT2D eigenvalue weighted by Crippen LogP contribution is 2.14. The first kappa shape index (κ1) is 13.7. The molecule has 0 radical (unpaired) electrons. The number of rotatable bonds is 9. The number of aliphatic hydroxyl groups is 1. The Balaban J connectivity index is 3.69. The molecule has 0 atom stereocenters. The van der Waals surface area contributed by atoms with Crippen molar-refractivity contribution in [3.05, 3.63) is 11.6 Å². The SMILES string of the molecule is CCCC/C=C(/CCO)CCCCC. The minimum absolute atomic E-state index is 0.310. The Hall–Kier alpha value is -0.300. The lowest BCUT2D eigenvalue weighted by atomic mass is 10.0. The van der Waals surface area contributed by atoms with Crippen molar-refractivity contribution in [2.45, 2.75) is 65.2 Å². The third kappa shape index (κ3) is 8.31. The van der Waals surface area contributed by atoms with E-state index in [1.165, 1.54) is 50.5 Å². The fourth-order valence-corrected chi connectivity index (χ4v) is 1.59. The molecule has 0 aromatic rings. The summed E-state index contributed by atoms with van der Waals surface area (Å²) in [5, 5.41) is 8.91. The van der Waals surface area contributed by atoms with Crippen LogP contribution in [0.25, 0.3) is 0 Å². The highest BCUT2D eigenvalue weighted by atomic mass is 16.2. The fraction of sp³-hybridized carbons (Fsp3) is 0.846. The zero-order chi connectivity index (χ0) is 10.6. The maximum Gasteiger partial charge on any atom is 0.0468 e. The molecule has 0 aliphatic carbocycles. The quantitative estimate of drug-likeness (QED) is 0.437. The van der Waals surface area contributed by atoms with Gasteiger partial charge in [-0.2, -0.15) is 0 Å². The van der Waals surface area contributed by atoms with Gasteiger partial charge in [0.15, 0.2) is 0 Å². The van der Waals surface area contributed by atoms with E-state index in [2.05, 4.69) is 19.9 Å². The molecule has 0 amide bonds. The van der Waals surface area contributed by atoms with Gasteiger partial charge in [-0.1, -0.05) is 51.2 Å². The van der Waals surface area contributed by atoms with Crippen LogP contribution in [-0.2, 0) is 0 Å². The van der Waals surface area contributed by atoms with Crippen molar-refractivity contribution in [2.24, 2.45) is 0 Å². The fourth-order valence-electron chi connectivity index (χ4n) is 1.59. The zero-order valence-electron chi connectivity index (χ0n) is 9.89. The second-order valence-electron chi connectivity index (χ2n) is 3.94. The monoisotopic (exact) mass is 198 g/mol. The molecule has 1 N–H and O–H groups in total. The second kappa shape index (κ2) is 10.8. The third-order valence-corrected chi connectivity index (χ3v) is 2.53. The number of aliphatic hydroxyl groups excluding tert-OH is 1. The smallest absolute Gasteiger partial charge is 0.0468 e. The van der Waals surface area contributed by atoms with Crippen molar-refractivity contribution in [3.8, 4) is 0 Å². The molecule has 0 aromatic heterocycles. The van der Waals surface area contributed by atoms with E-state index in [1.807, 2.05) is 0 Å². The summed E-state index contributed by atoms with van der Waals surface area (Å²) in [6.07, 6.45) is 12.0. The minimum Gasteiger partial charge on any atom is -0.396 e. The van der Waals surface area contributed by atoms with Crippen LogP contribution in [-0.4, -0.2) is 11.7 Å². The van der Waals surface area contributed by atoms with Crippen molar-refractivity contribution in [1.82, 2.24) is 0 Å². The highest BCUT2D eigenvalue weighted by molar-refractivity contribution is 5.01. The highest BCUT2D eigenvalue weighted by Gasteiger charge is 1.96. The minimum atomic E-state index is 0.310. The van der Waals surface area contributed by atoms with E-state index in [-0.39, 0.29) is 0 Å². The summed E-state index contributed by atoms with van der Waals surface area (Å²) < 4.78 is 0. The Bertz CT molecular complexity index is 138. The number of hydrogen-bond donors (Lipinski definition) is 1. The van der Waals surface area contributed by atoms with Crippen LogP contribution < -0.4 is 0 Å². The first-order valence-corrected chi connectivity index (χ1v) is 6.13. The number of allylic oxidation sites excluding steroid dienone is 1. The van der Waals surface area contributed by atoms with Gasteiger partial charge in [0, 0.05) is 6.61 Å². The standard InChI is InChI=1S/C13H26O/c1-3-5-7-9-13(11-12-14)10-8-6-4-2/h9,14H,3-8,10-12H2,1-2H3/b13-9+. The molecule has 84 valence electrons. The van der Waals surface area contributed by atoms with Gasteiger partial charge in [-0.15, -0.1) is 0 Å². The summed E-state index contributed by atoms with van der Waals surface area (Å²) >= 11 is 0. The number of hydrogen-bond acceptors (Lipinski definition) is 1. The van der Waals surface area contributed by atoms with Crippen molar-refractivity contribution in [2.75, 3.05) is 6.61 Å². The van der Waals surface area contributed by atoms with Crippen LogP contribution in [0.5, 0.6) is 0 Å². The second-order valence-corrected chi connectivity index (χ2v) is 3.94. The van der Waals surface area contributed by atoms with E-state index in [0.717, 1.165) is 6.42 Å². The van der Waals surface area contributed by atoms with Crippen LogP contribution in [0.4, 0.5) is 0 Å². The van der Waals surface area contributed by atoms with Crippen LogP contribution in [0.1, 0.15) is 65.2 Å².